The summed E-state index contributed by atoms with van der Waals surface area (Å²) in [5, 5.41) is 12.4. The van der Waals surface area contributed by atoms with Gasteiger partial charge in [-0.05, 0) is 67.9 Å². The number of hydrogen-bond acceptors (Lipinski definition) is 7. The Morgan fingerprint density at radius 1 is 0.957 bits per heavy atom. The third kappa shape index (κ3) is 9.73. The number of rotatable bonds is 16. The first-order chi connectivity index (χ1) is 21.9. The van der Waals surface area contributed by atoms with Crippen molar-refractivity contribution in [3.8, 4) is 0 Å². The van der Waals surface area contributed by atoms with Gasteiger partial charge >= 0.3 is 0 Å². The average Bonchev–Trinajstić information content (AvgIpc) is 3.78. The highest BCUT2D eigenvalue weighted by Crippen LogP contribution is 2.27. The van der Waals surface area contributed by atoms with E-state index in [4.69, 9.17) is 0 Å². The molecule has 1 fully saturated rings. The van der Waals surface area contributed by atoms with Crippen molar-refractivity contribution in [1.82, 2.24) is 26.0 Å². The van der Waals surface area contributed by atoms with Crippen LogP contribution in [0.1, 0.15) is 104 Å². The lowest BCUT2D eigenvalue weighted by molar-refractivity contribution is -0.123. The minimum absolute atomic E-state index is 0.0344. The number of unbranched alkanes of at least 4 members (excludes halogenated alkanes) is 1. The van der Waals surface area contributed by atoms with Gasteiger partial charge in [0.05, 0.1) is 12.1 Å². The number of carbonyl (C=O) groups excluding carboxylic acids is 4. The molecule has 11 nitrogen and oxygen atoms in total. The molecule has 2 aliphatic rings. The summed E-state index contributed by atoms with van der Waals surface area (Å²) in [6.45, 7) is 8.30. The van der Waals surface area contributed by atoms with E-state index in [0.717, 1.165) is 37.3 Å². The van der Waals surface area contributed by atoms with Crippen LogP contribution >= 0.6 is 0 Å². The summed E-state index contributed by atoms with van der Waals surface area (Å²) in [7, 11) is -4.17. The molecule has 1 heterocycles. The normalized spacial score (nSPS) is 17.4. The Morgan fingerprint density at radius 3 is 2.17 bits per heavy atom. The van der Waals surface area contributed by atoms with Gasteiger partial charge in [0.25, 0.3) is 27.7 Å². The first kappa shape index (κ1) is 34.8. The molecule has 2 aromatic rings. The Kier molecular flexibility index (Phi) is 11.7. The van der Waals surface area contributed by atoms with E-state index in [1.807, 2.05) is 55.8 Å². The second kappa shape index (κ2) is 15.5. The molecule has 248 valence electrons. The van der Waals surface area contributed by atoms with Gasteiger partial charge in [-0.25, -0.2) is 13.1 Å². The van der Waals surface area contributed by atoms with Crippen LogP contribution in [0, 0.1) is 5.92 Å². The van der Waals surface area contributed by atoms with Crippen molar-refractivity contribution in [3.63, 3.8) is 0 Å². The molecule has 0 spiro atoms. The Balaban J connectivity index is 1.58. The average molecular weight is 652 g/mol. The SMILES string of the molecule is CCCC[C@H](NC[C@H](CC(C)C)NC(=O)c1cc(C(=O)N[C@H](C)c2ccccc2)cc(C2=CC(=O)NS2(=O)=O)c1)C(=O)NC1CC1. The zero-order chi connectivity index (χ0) is 33.4. The zero-order valence-corrected chi connectivity index (χ0v) is 27.7. The van der Waals surface area contributed by atoms with Crippen LogP contribution in [0.2, 0.25) is 0 Å². The van der Waals surface area contributed by atoms with E-state index in [1.54, 1.807) is 0 Å². The predicted molar refractivity (Wildman–Crippen MR) is 177 cm³/mol. The van der Waals surface area contributed by atoms with Gasteiger partial charge in [0, 0.05) is 35.8 Å². The van der Waals surface area contributed by atoms with E-state index in [2.05, 4.69) is 28.2 Å². The largest absolute Gasteiger partial charge is 0.352 e. The summed E-state index contributed by atoms with van der Waals surface area (Å²) < 4.78 is 27.3. The third-order valence-corrected chi connectivity index (χ3v) is 9.37. The molecule has 1 aliphatic carbocycles. The lowest BCUT2D eigenvalue weighted by Crippen LogP contribution is -2.50. The maximum absolute atomic E-state index is 13.8. The van der Waals surface area contributed by atoms with Gasteiger partial charge in [-0.3, -0.25) is 19.2 Å². The topological polar surface area (TPSA) is 163 Å². The van der Waals surface area contributed by atoms with Crippen LogP contribution in [0.15, 0.2) is 54.6 Å². The standard InChI is InChI=1S/C34H45N5O6S/c1-5-6-12-29(34(43)37-27-13-14-27)35-20-28(15-21(2)3)38-33(42)26-17-24(30-19-31(40)39-46(30,44)45)16-25(18-26)32(41)36-22(4)23-10-8-7-9-11-23/h7-11,16-19,21-22,27-29,35H,5-6,12-15,20H2,1-4H3,(H,36,41)(H,37,43)(H,38,42)(H,39,40)/t22-,28+,29+/m1/s1. The molecule has 1 aliphatic heterocycles. The van der Waals surface area contributed by atoms with Crippen LogP contribution in [0.5, 0.6) is 0 Å². The molecule has 0 saturated heterocycles. The van der Waals surface area contributed by atoms with Crippen LogP contribution in [-0.4, -0.2) is 56.7 Å². The Hall–Kier alpha value is -4.03. The molecule has 1 saturated carbocycles. The van der Waals surface area contributed by atoms with Crippen LogP contribution in [0.3, 0.4) is 0 Å². The van der Waals surface area contributed by atoms with E-state index in [1.165, 1.54) is 18.2 Å². The number of amides is 4. The molecule has 5 N–H and O–H groups in total. The summed E-state index contributed by atoms with van der Waals surface area (Å²) in [5.74, 6) is -1.64. The number of sulfonamides is 1. The van der Waals surface area contributed by atoms with Gasteiger partial charge in [0.15, 0.2) is 0 Å². The molecule has 0 unspecified atom stereocenters. The van der Waals surface area contributed by atoms with Crippen molar-refractivity contribution < 1.29 is 27.6 Å². The van der Waals surface area contributed by atoms with Gasteiger partial charge < -0.3 is 21.3 Å². The van der Waals surface area contributed by atoms with E-state index in [9.17, 15) is 27.6 Å². The van der Waals surface area contributed by atoms with Gasteiger partial charge in [-0.15, -0.1) is 0 Å². The molecular formula is C34H45N5O6S. The predicted octanol–water partition coefficient (Wildman–Crippen LogP) is 3.55. The Labute approximate surface area is 271 Å². The highest BCUT2D eigenvalue weighted by atomic mass is 32.2. The van der Waals surface area contributed by atoms with Gasteiger partial charge in [0.1, 0.15) is 4.91 Å². The van der Waals surface area contributed by atoms with E-state index in [0.29, 0.717) is 19.4 Å². The maximum Gasteiger partial charge on any atom is 0.265 e. The number of benzene rings is 2. The monoisotopic (exact) mass is 651 g/mol. The van der Waals surface area contributed by atoms with Crippen LogP contribution in [0.4, 0.5) is 0 Å². The summed E-state index contributed by atoms with van der Waals surface area (Å²) in [5.41, 5.74) is 1.04. The van der Waals surface area contributed by atoms with Crippen molar-refractivity contribution in [2.45, 2.75) is 90.4 Å². The summed E-state index contributed by atoms with van der Waals surface area (Å²) in [6.07, 6.45) is 6.04. The van der Waals surface area contributed by atoms with Gasteiger partial charge in [-0.1, -0.05) is 63.9 Å². The van der Waals surface area contributed by atoms with Crippen molar-refractivity contribution in [2.75, 3.05) is 6.54 Å². The lowest BCUT2D eigenvalue weighted by atomic mass is 10.0. The van der Waals surface area contributed by atoms with E-state index in [-0.39, 0.29) is 57.6 Å². The zero-order valence-electron chi connectivity index (χ0n) is 26.9. The molecule has 12 heteroatoms. The van der Waals surface area contributed by atoms with Crippen LogP contribution in [-0.2, 0) is 19.6 Å². The van der Waals surface area contributed by atoms with Crippen LogP contribution in [0.25, 0.3) is 4.91 Å². The minimum atomic E-state index is -4.17. The van der Waals surface area contributed by atoms with E-state index >= 15 is 0 Å². The van der Waals surface area contributed by atoms with E-state index < -0.39 is 27.7 Å². The third-order valence-electron chi connectivity index (χ3n) is 7.96. The number of carbonyl (C=O) groups is 4. The molecule has 4 amide bonds. The lowest BCUT2D eigenvalue weighted by Gasteiger charge is -2.25. The molecular weight excluding hydrogens is 606 g/mol. The molecule has 0 aromatic heterocycles. The maximum atomic E-state index is 13.8. The smallest absolute Gasteiger partial charge is 0.265 e. The summed E-state index contributed by atoms with van der Waals surface area (Å²) in [4.78, 5) is 51.7. The van der Waals surface area contributed by atoms with Crippen molar-refractivity contribution in [2.24, 2.45) is 5.92 Å². The Bertz CT molecular complexity index is 1570. The first-order valence-electron chi connectivity index (χ1n) is 16.0. The number of hydrogen-bond donors (Lipinski definition) is 5. The fraction of sp³-hybridized carbons (Fsp3) is 0.471. The molecule has 0 bridgehead atoms. The fourth-order valence-corrected chi connectivity index (χ4v) is 6.49. The highest BCUT2D eigenvalue weighted by Gasteiger charge is 2.31. The molecule has 3 atom stereocenters. The highest BCUT2D eigenvalue weighted by molar-refractivity contribution is 7.99. The fourth-order valence-electron chi connectivity index (χ4n) is 5.37. The van der Waals surface area contributed by atoms with Crippen molar-refractivity contribution >= 4 is 38.6 Å². The minimum Gasteiger partial charge on any atom is -0.352 e. The second-order valence-corrected chi connectivity index (χ2v) is 14.2. The Morgan fingerprint density at radius 2 is 1.61 bits per heavy atom. The van der Waals surface area contributed by atoms with Gasteiger partial charge in [-0.2, -0.15) is 0 Å². The van der Waals surface area contributed by atoms with Crippen LogP contribution < -0.4 is 26.0 Å². The second-order valence-electron chi connectivity index (χ2n) is 12.6. The number of nitrogens with one attached hydrogen (secondary N) is 5. The molecule has 46 heavy (non-hydrogen) atoms. The van der Waals surface area contributed by atoms with Crippen molar-refractivity contribution in [3.05, 3.63) is 76.9 Å². The first-order valence-corrected chi connectivity index (χ1v) is 17.5. The molecule has 0 radical (unpaired) electrons. The summed E-state index contributed by atoms with van der Waals surface area (Å²) >= 11 is 0. The quantitative estimate of drug-likeness (QED) is 0.185. The molecule has 4 rings (SSSR count). The van der Waals surface area contributed by atoms with Gasteiger partial charge in [0.2, 0.25) is 5.91 Å². The summed E-state index contributed by atoms with van der Waals surface area (Å²) in [6, 6.07) is 12.6. The molecule has 2 aromatic carbocycles. The van der Waals surface area contributed by atoms with Crippen molar-refractivity contribution in [1.29, 1.82) is 0 Å².